The van der Waals surface area contributed by atoms with E-state index in [1.807, 2.05) is 37.3 Å². The summed E-state index contributed by atoms with van der Waals surface area (Å²) < 4.78 is 24.2. The van der Waals surface area contributed by atoms with Crippen LogP contribution >= 0.6 is 0 Å². The predicted molar refractivity (Wildman–Crippen MR) is 99.3 cm³/mol. The summed E-state index contributed by atoms with van der Waals surface area (Å²) >= 11 is 0. The average molecular weight is 368 g/mol. The lowest BCUT2D eigenvalue weighted by Crippen LogP contribution is -2.33. The van der Waals surface area contributed by atoms with Crippen LogP contribution in [0.3, 0.4) is 0 Å². The van der Waals surface area contributed by atoms with Crippen molar-refractivity contribution in [3.8, 4) is 0 Å². The summed E-state index contributed by atoms with van der Waals surface area (Å²) in [4.78, 5) is 23.5. The summed E-state index contributed by atoms with van der Waals surface area (Å²) in [5, 5.41) is 0. The smallest absolute Gasteiger partial charge is 0.440 e. The molecule has 0 saturated heterocycles. The fraction of sp³-hybridized carbons (Fsp3) is 0.556. The lowest BCUT2D eigenvalue weighted by molar-refractivity contribution is -0.117. The molecule has 25 heavy (non-hydrogen) atoms. The van der Waals surface area contributed by atoms with Crippen molar-refractivity contribution in [1.82, 2.24) is 4.72 Å². The molecule has 1 rings (SSSR count). The Labute approximate surface area is 150 Å². The molecule has 0 aliphatic rings. The van der Waals surface area contributed by atoms with E-state index in [-0.39, 0.29) is 11.7 Å². The van der Waals surface area contributed by atoms with Gasteiger partial charge in [-0.1, -0.05) is 57.0 Å². The van der Waals surface area contributed by atoms with Gasteiger partial charge < -0.3 is 4.74 Å². The lowest BCUT2D eigenvalue weighted by Gasteiger charge is -2.16. The van der Waals surface area contributed by atoms with Crippen LogP contribution in [0, 0.1) is 5.92 Å². The number of amides is 2. The van der Waals surface area contributed by atoms with Gasteiger partial charge in [0.1, 0.15) is 16.0 Å². The van der Waals surface area contributed by atoms with Gasteiger partial charge in [-0.15, -0.1) is 4.36 Å². The number of unbranched alkanes of at least 4 members (excludes halogenated alkanes) is 1. The van der Waals surface area contributed by atoms with Crippen molar-refractivity contribution in [3.05, 3.63) is 35.9 Å². The van der Waals surface area contributed by atoms with Crippen LogP contribution in [0.25, 0.3) is 0 Å². The van der Waals surface area contributed by atoms with E-state index >= 15 is 0 Å². The zero-order chi connectivity index (χ0) is 18.9. The second kappa shape index (κ2) is 10.2. The zero-order valence-electron chi connectivity index (χ0n) is 15.4. The number of nitrogens with zero attached hydrogens (tertiary/aromatic N) is 1. The zero-order valence-corrected chi connectivity index (χ0v) is 16.2. The maximum Gasteiger partial charge on any atom is 0.443 e. The van der Waals surface area contributed by atoms with Crippen LogP contribution in [-0.2, 0) is 19.4 Å². The van der Waals surface area contributed by atoms with Crippen LogP contribution in [0.15, 0.2) is 34.7 Å². The van der Waals surface area contributed by atoms with Crippen molar-refractivity contribution in [2.75, 3.05) is 5.75 Å². The second-order valence-corrected chi connectivity index (χ2v) is 8.24. The Morgan fingerprint density at radius 3 is 2.44 bits per heavy atom. The highest BCUT2D eigenvalue weighted by Gasteiger charge is 2.19. The van der Waals surface area contributed by atoms with Gasteiger partial charge in [-0.3, -0.25) is 9.52 Å². The molecule has 0 fully saturated rings. The first-order valence-electron chi connectivity index (χ1n) is 8.54. The Kier molecular flexibility index (Phi) is 8.61. The summed E-state index contributed by atoms with van der Waals surface area (Å²) in [7, 11) is -3.19. The molecule has 0 aliphatic heterocycles. The Morgan fingerprint density at radius 1 is 1.24 bits per heavy atom. The molecular formula is C18H28N2O4S. The van der Waals surface area contributed by atoms with Crippen molar-refractivity contribution < 1.29 is 18.5 Å². The average Bonchev–Trinajstić information content (AvgIpc) is 2.52. The number of hydrogen-bond donors (Lipinski definition) is 1. The third-order valence-electron chi connectivity index (χ3n) is 3.63. The van der Waals surface area contributed by atoms with Gasteiger partial charge in [0.2, 0.25) is 5.91 Å². The third kappa shape index (κ3) is 8.16. The van der Waals surface area contributed by atoms with Crippen molar-refractivity contribution in [2.24, 2.45) is 10.3 Å². The molecule has 1 N–H and O–H groups in total. The largest absolute Gasteiger partial charge is 0.443 e. The van der Waals surface area contributed by atoms with E-state index in [0.29, 0.717) is 0 Å². The van der Waals surface area contributed by atoms with Gasteiger partial charge in [0.05, 0.1) is 5.75 Å². The van der Waals surface area contributed by atoms with Crippen molar-refractivity contribution >= 4 is 21.9 Å². The predicted octanol–water partition coefficient (Wildman–Crippen LogP) is 4.23. The van der Waals surface area contributed by atoms with Crippen LogP contribution in [0.5, 0.6) is 0 Å². The molecule has 0 radical (unpaired) electrons. The van der Waals surface area contributed by atoms with Gasteiger partial charge in [0.25, 0.3) is 0 Å². The molecule has 0 spiro atoms. The summed E-state index contributed by atoms with van der Waals surface area (Å²) in [5.74, 6) is -0.288. The van der Waals surface area contributed by atoms with Crippen molar-refractivity contribution in [3.63, 3.8) is 0 Å². The molecule has 1 unspecified atom stereocenters. The van der Waals surface area contributed by atoms with E-state index in [1.165, 1.54) is 6.92 Å². The van der Waals surface area contributed by atoms with Gasteiger partial charge in [0.15, 0.2) is 0 Å². The minimum Gasteiger partial charge on any atom is -0.440 e. The van der Waals surface area contributed by atoms with Crippen LogP contribution in [0.2, 0.25) is 0 Å². The van der Waals surface area contributed by atoms with Crippen LogP contribution in [0.1, 0.15) is 58.6 Å². The number of rotatable bonds is 8. The molecule has 7 heteroatoms. The maximum absolute atomic E-state index is 12.9. The molecule has 0 aliphatic carbocycles. The van der Waals surface area contributed by atoms with E-state index < -0.39 is 28.0 Å². The third-order valence-corrected chi connectivity index (χ3v) is 5.70. The van der Waals surface area contributed by atoms with Crippen molar-refractivity contribution in [1.29, 1.82) is 0 Å². The number of hydrogen-bond acceptors (Lipinski definition) is 4. The molecule has 0 heterocycles. The van der Waals surface area contributed by atoms with Crippen LogP contribution < -0.4 is 4.72 Å². The Hall–Kier alpha value is -1.89. The first kappa shape index (κ1) is 21.2. The normalized spacial score (nSPS) is 15.5. The summed E-state index contributed by atoms with van der Waals surface area (Å²) in [6.45, 7) is 6.98. The molecule has 3 atom stereocenters. The Bertz CT molecular complexity index is 682. The number of carbonyl (C=O) groups excluding carboxylic acids is 2. The fourth-order valence-electron chi connectivity index (χ4n) is 2.43. The summed E-state index contributed by atoms with van der Waals surface area (Å²) in [6, 6.07) is 9.20. The molecule has 0 aromatic heterocycles. The topological polar surface area (TPSA) is 84.8 Å². The molecule has 0 bridgehead atoms. The molecule has 140 valence electrons. The van der Waals surface area contributed by atoms with E-state index in [2.05, 4.69) is 16.0 Å². The number of benzene rings is 1. The highest BCUT2D eigenvalue weighted by Crippen LogP contribution is 2.18. The number of nitrogens with one attached hydrogen (secondary N) is 1. The minimum absolute atomic E-state index is 0.0717. The molecule has 6 nitrogen and oxygen atoms in total. The van der Waals surface area contributed by atoms with Gasteiger partial charge >= 0.3 is 6.09 Å². The van der Waals surface area contributed by atoms with Gasteiger partial charge in [-0.25, -0.2) is 9.00 Å². The summed E-state index contributed by atoms with van der Waals surface area (Å²) in [6.07, 6.45) is 1.43. The second-order valence-electron chi connectivity index (χ2n) is 6.24. The maximum atomic E-state index is 12.9. The van der Waals surface area contributed by atoms with Crippen LogP contribution in [-0.4, -0.2) is 22.0 Å². The molecule has 1 aromatic rings. The van der Waals surface area contributed by atoms with E-state index in [4.69, 9.17) is 4.74 Å². The van der Waals surface area contributed by atoms with Gasteiger partial charge in [0, 0.05) is 6.92 Å². The fourth-order valence-corrected chi connectivity index (χ4v) is 4.31. The van der Waals surface area contributed by atoms with E-state index in [9.17, 15) is 13.8 Å². The van der Waals surface area contributed by atoms with Gasteiger partial charge in [-0.05, 0) is 24.8 Å². The Balaban J connectivity index is 2.87. The van der Waals surface area contributed by atoms with E-state index in [1.54, 1.807) is 6.92 Å². The molecule has 0 saturated carbocycles. The van der Waals surface area contributed by atoms with Crippen molar-refractivity contribution in [2.45, 2.75) is 53.1 Å². The molecule has 2 amide bonds. The first-order valence-corrected chi connectivity index (χ1v) is 10.2. The van der Waals surface area contributed by atoms with E-state index in [0.717, 1.165) is 24.8 Å². The Morgan fingerprint density at radius 2 is 1.88 bits per heavy atom. The molecule has 1 aromatic carbocycles. The summed E-state index contributed by atoms with van der Waals surface area (Å²) in [5.41, 5.74) is 0.813. The number of carbonyl (C=O) groups is 2. The quantitative estimate of drug-likeness (QED) is 0.744. The standard InChI is InChI=1S/C18H28N2O4S/c1-5-6-10-14(2)13-25(23,19-16(4)21)20-18(22)24-15(3)17-11-8-7-9-12-17/h7-9,11-12,14-15H,5-6,10,13H2,1-4H3,(H,19,20,21,22,23)/t14-,15-,25?/m0/s1. The highest BCUT2D eigenvalue weighted by atomic mass is 32.2. The number of ether oxygens (including phenoxy) is 1. The van der Waals surface area contributed by atoms with Gasteiger partial charge in [-0.2, -0.15) is 0 Å². The van der Waals surface area contributed by atoms with Crippen LogP contribution in [0.4, 0.5) is 4.79 Å². The SMILES string of the molecule is CCCC[C@H](C)CS(=O)(=NC(=O)O[C@@H](C)c1ccccc1)NC(C)=O. The highest BCUT2D eigenvalue weighted by molar-refractivity contribution is 7.92. The minimum atomic E-state index is -3.19. The monoisotopic (exact) mass is 368 g/mol. The first-order chi connectivity index (χ1) is 11.8. The molecular weight excluding hydrogens is 340 g/mol. The lowest BCUT2D eigenvalue weighted by atomic mass is 10.1.